The minimum absolute atomic E-state index is 0.0175. The van der Waals surface area contributed by atoms with Crippen LogP contribution in [0.5, 0.6) is 0 Å². The Morgan fingerprint density at radius 1 is 0.857 bits per heavy atom. The van der Waals surface area contributed by atoms with E-state index >= 15 is 0 Å². The number of hydrogen-bond donors (Lipinski definition) is 2. The normalized spacial score (nSPS) is 19.9. The van der Waals surface area contributed by atoms with Gasteiger partial charge in [0.15, 0.2) is 6.10 Å². The zero-order valence-electron chi connectivity index (χ0n) is 36.0. The van der Waals surface area contributed by atoms with Crippen LogP contribution in [0.15, 0.2) is 24.5 Å². The van der Waals surface area contributed by atoms with Crippen molar-refractivity contribution in [1.29, 1.82) is 0 Å². The van der Waals surface area contributed by atoms with Crippen molar-refractivity contribution in [2.45, 2.75) is 186 Å². The Bertz CT molecular complexity index is 1110. The zero-order valence-corrected chi connectivity index (χ0v) is 36.9. The lowest BCUT2D eigenvalue weighted by molar-refractivity contribution is -0.870. The molecule has 1 saturated carbocycles. The molecule has 6 atom stereocenters. The molecule has 1 aliphatic carbocycles. The monoisotopic (exact) mass is 816 g/mol. The maximum Gasteiger partial charge on any atom is 0.306 e. The Kier molecular flexibility index (Phi) is 30.2. The molecule has 0 radical (unpaired) electrons. The van der Waals surface area contributed by atoms with Gasteiger partial charge in [0, 0.05) is 18.8 Å². The highest BCUT2D eigenvalue weighted by molar-refractivity contribution is 7.45. The second-order valence-electron chi connectivity index (χ2n) is 16.9. The molecule has 0 aromatic rings. The van der Waals surface area contributed by atoms with E-state index in [0.29, 0.717) is 30.3 Å². The van der Waals surface area contributed by atoms with Crippen LogP contribution in [-0.2, 0) is 32.7 Å². The van der Waals surface area contributed by atoms with Crippen LogP contribution in [0.4, 0.5) is 0 Å². The molecule has 0 saturated heterocycles. The first-order chi connectivity index (χ1) is 26.8. The number of aliphatic hydroxyl groups excluding tert-OH is 2. The maximum absolute atomic E-state index is 12.8. The van der Waals surface area contributed by atoms with Crippen LogP contribution in [0.2, 0.25) is 0 Å². The van der Waals surface area contributed by atoms with Crippen LogP contribution in [0.25, 0.3) is 0 Å². The fourth-order valence-electron chi connectivity index (χ4n) is 6.95. The minimum Gasteiger partial charge on any atom is -0.756 e. The molecule has 2 N–H and O–H groups in total. The summed E-state index contributed by atoms with van der Waals surface area (Å²) in [6.45, 7) is 4.36. The predicted molar refractivity (Wildman–Crippen MR) is 223 cm³/mol. The summed E-state index contributed by atoms with van der Waals surface area (Å²) in [5, 5.41) is 20.8. The van der Waals surface area contributed by atoms with Crippen LogP contribution in [0.3, 0.4) is 0 Å². The molecule has 0 aliphatic heterocycles. The number of aliphatic hydroxyl groups is 2. The van der Waals surface area contributed by atoms with Crippen LogP contribution in [-0.4, -0.2) is 92.3 Å². The van der Waals surface area contributed by atoms with E-state index in [4.69, 9.17) is 18.5 Å². The van der Waals surface area contributed by atoms with Gasteiger partial charge in [-0.2, -0.15) is 0 Å². The first-order valence-corrected chi connectivity index (χ1v) is 23.7. The van der Waals surface area contributed by atoms with Crippen molar-refractivity contribution in [2.75, 3.05) is 47.5 Å². The van der Waals surface area contributed by atoms with Gasteiger partial charge in [-0.05, 0) is 44.1 Å². The SMILES string of the molecule is CCCCCCCCCCCCCC/C=C/OC[C@H](COP(=O)([O-])OCC[N+](C)(C)C)OC(=O)CCCCCC[C@H]1[C@@H](O)CC(=O)[C@@H]1/C=C/[C@@H](O)CCCCC. The van der Waals surface area contributed by atoms with Gasteiger partial charge in [-0.25, -0.2) is 0 Å². The summed E-state index contributed by atoms with van der Waals surface area (Å²) in [6.07, 6.45) is 28.9. The molecule has 1 fully saturated rings. The molecule has 56 heavy (non-hydrogen) atoms. The molecule has 0 bridgehead atoms. The van der Waals surface area contributed by atoms with E-state index in [0.717, 1.165) is 51.4 Å². The number of ketones is 1. The highest BCUT2D eigenvalue weighted by Gasteiger charge is 2.39. The van der Waals surface area contributed by atoms with Crippen molar-refractivity contribution in [1.82, 2.24) is 0 Å². The van der Waals surface area contributed by atoms with Gasteiger partial charge in [0.2, 0.25) is 0 Å². The molecule has 11 nitrogen and oxygen atoms in total. The molecule has 1 rings (SSSR count). The maximum atomic E-state index is 12.8. The summed E-state index contributed by atoms with van der Waals surface area (Å²) in [6, 6.07) is 0. The number of carbonyl (C=O) groups is 2. The van der Waals surface area contributed by atoms with Gasteiger partial charge in [0.25, 0.3) is 7.82 Å². The fourth-order valence-corrected chi connectivity index (χ4v) is 7.67. The number of esters is 1. The summed E-state index contributed by atoms with van der Waals surface area (Å²) >= 11 is 0. The van der Waals surface area contributed by atoms with Gasteiger partial charge in [0.05, 0.1) is 46.2 Å². The third kappa shape index (κ3) is 28.8. The number of carbonyl (C=O) groups excluding carboxylic acids is 2. The lowest BCUT2D eigenvalue weighted by Crippen LogP contribution is -2.37. The Morgan fingerprint density at radius 2 is 1.45 bits per heavy atom. The quantitative estimate of drug-likeness (QED) is 0.0155. The van der Waals surface area contributed by atoms with Crippen LogP contribution in [0, 0.1) is 11.8 Å². The molecule has 0 aromatic carbocycles. The Hall–Kier alpha value is -1.59. The molecule has 0 spiro atoms. The lowest BCUT2D eigenvalue weighted by Gasteiger charge is -2.28. The van der Waals surface area contributed by atoms with Gasteiger partial charge in [-0.1, -0.05) is 135 Å². The van der Waals surface area contributed by atoms with Gasteiger partial charge in [0.1, 0.15) is 25.5 Å². The topological polar surface area (TPSA) is 152 Å². The highest BCUT2D eigenvalue weighted by atomic mass is 31.2. The van der Waals surface area contributed by atoms with Crippen molar-refractivity contribution in [3.8, 4) is 0 Å². The molecular formula is C44H82NO10P. The smallest absolute Gasteiger partial charge is 0.306 e. The third-order valence-corrected chi connectivity index (χ3v) is 11.4. The Balaban J connectivity index is 2.45. The van der Waals surface area contributed by atoms with E-state index in [-0.39, 0.29) is 43.7 Å². The summed E-state index contributed by atoms with van der Waals surface area (Å²) in [5.41, 5.74) is 0. The number of phosphoric acid groups is 1. The lowest BCUT2D eigenvalue weighted by atomic mass is 9.88. The second-order valence-corrected chi connectivity index (χ2v) is 18.3. The first kappa shape index (κ1) is 52.4. The van der Waals surface area contributed by atoms with Gasteiger partial charge >= 0.3 is 5.97 Å². The molecule has 328 valence electrons. The number of ether oxygens (including phenoxy) is 2. The molecule has 0 aromatic heterocycles. The van der Waals surface area contributed by atoms with Crippen molar-refractivity contribution in [3.05, 3.63) is 24.5 Å². The number of rotatable bonds is 37. The van der Waals surface area contributed by atoms with Gasteiger partial charge in [-0.15, -0.1) is 0 Å². The predicted octanol–water partition coefficient (Wildman–Crippen LogP) is 9.13. The summed E-state index contributed by atoms with van der Waals surface area (Å²) in [4.78, 5) is 37.7. The number of nitrogens with zero attached hydrogens (tertiary/aromatic N) is 1. The molecule has 1 unspecified atom stereocenters. The van der Waals surface area contributed by atoms with E-state index in [1.54, 1.807) is 18.4 Å². The minimum atomic E-state index is -4.60. The van der Waals surface area contributed by atoms with Crippen LogP contribution < -0.4 is 4.89 Å². The highest BCUT2D eigenvalue weighted by Crippen LogP contribution is 2.38. The van der Waals surface area contributed by atoms with E-state index in [1.807, 2.05) is 27.2 Å². The molecule has 1 aliphatic rings. The number of likely N-dealkylation sites (N-methyl/N-ethyl adjacent to an activating group) is 1. The first-order valence-electron chi connectivity index (χ1n) is 22.2. The van der Waals surface area contributed by atoms with E-state index in [2.05, 4.69) is 13.8 Å². The van der Waals surface area contributed by atoms with Crippen molar-refractivity contribution in [2.24, 2.45) is 11.8 Å². The molecular weight excluding hydrogens is 733 g/mol. The Morgan fingerprint density at radius 3 is 2.09 bits per heavy atom. The average Bonchev–Trinajstić information content (AvgIpc) is 3.40. The Labute approximate surface area is 341 Å². The van der Waals surface area contributed by atoms with Crippen molar-refractivity contribution >= 4 is 19.6 Å². The van der Waals surface area contributed by atoms with Gasteiger partial charge in [-0.3, -0.25) is 14.2 Å². The molecule has 0 amide bonds. The zero-order chi connectivity index (χ0) is 41.5. The van der Waals surface area contributed by atoms with Crippen molar-refractivity contribution < 1.29 is 52.3 Å². The van der Waals surface area contributed by atoms with E-state index in [9.17, 15) is 29.3 Å². The fraction of sp³-hybridized carbons (Fsp3) is 0.864. The van der Waals surface area contributed by atoms with Gasteiger partial charge < -0.3 is 38.1 Å². The van der Waals surface area contributed by atoms with Crippen molar-refractivity contribution in [3.63, 3.8) is 0 Å². The summed E-state index contributed by atoms with van der Waals surface area (Å²) in [7, 11) is 1.18. The second kappa shape index (κ2) is 32.3. The standard InChI is InChI=1S/C44H82NO10P/c1-6-8-10-11-12-13-14-15-16-17-18-19-22-26-33-52-36-39(37-54-56(50,51)53-34-32-45(3,4)5)55-44(49)29-25-21-20-24-28-40-41(43(48)35-42(40)47)31-30-38(46)27-23-9-7-2/h26,30-31,33,38-42,46-47H,6-25,27-29,32,34-37H2,1-5H3/b31-30+,33-26+/t38-,39+,40+,41+,42-/m0/s1. The summed E-state index contributed by atoms with van der Waals surface area (Å²) < 4.78 is 34.3. The number of hydrogen-bond acceptors (Lipinski definition) is 10. The number of quaternary nitrogens is 1. The largest absolute Gasteiger partial charge is 0.756 e. The summed E-state index contributed by atoms with van der Waals surface area (Å²) in [5.74, 6) is -0.990. The molecule has 12 heteroatoms. The molecule has 0 heterocycles. The average molecular weight is 816 g/mol. The number of Topliss-reactive ketones (excluding diaryl/α,β-unsaturated/α-hetero) is 1. The number of allylic oxidation sites excluding steroid dienone is 2. The third-order valence-electron chi connectivity index (χ3n) is 10.5. The van der Waals surface area contributed by atoms with Crippen LogP contribution >= 0.6 is 7.82 Å². The van der Waals surface area contributed by atoms with E-state index < -0.39 is 38.7 Å². The van der Waals surface area contributed by atoms with E-state index in [1.165, 1.54) is 70.6 Å². The number of phosphoric ester groups is 1. The van der Waals surface area contributed by atoms with Crippen LogP contribution in [0.1, 0.15) is 168 Å². The number of unbranched alkanes of at least 4 members (excludes halogenated alkanes) is 17.